The van der Waals surface area contributed by atoms with Crippen LogP contribution in [0.25, 0.3) is 11.0 Å². The van der Waals surface area contributed by atoms with E-state index < -0.39 is 27.9 Å². The number of amides is 1. The maximum atomic E-state index is 13.3. The number of hydrogen-bond donors (Lipinski definition) is 3. The van der Waals surface area contributed by atoms with Crippen molar-refractivity contribution < 1.29 is 23.1 Å². The molecule has 1 aromatic heterocycles. The molecule has 0 spiro atoms. The number of hydrogen-bond acceptors (Lipinski definition) is 6. The van der Waals surface area contributed by atoms with Crippen LogP contribution in [-0.2, 0) is 21.2 Å². The van der Waals surface area contributed by atoms with E-state index in [1.54, 1.807) is 24.3 Å². The van der Waals surface area contributed by atoms with Gasteiger partial charge in [0.25, 0.3) is 15.9 Å². The van der Waals surface area contributed by atoms with Crippen LogP contribution >= 0.6 is 50.7 Å². The van der Waals surface area contributed by atoms with Gasteiger partial charge in [0, 0.05) is 23.3 Å². The van der Waals surface area contributed by atoms with E-state index in [4.69, 9.17) is 34.8 Å². The number of halogens is 4. The predicted octanol–water partition coefficient (Wildman–Crippen LogP) is 5.58. The van der Waals surface area contributed by atoms with Crippen LogP contribution in [0.1, 0.15) is 15.9 Å². The summed E-state index contributed by atoms with van der Waals surface area (Å²) in [5, 5.41) is 12.5. The lowest BCUT2D eigenvalue weighted by molar-refractivity contribution is -0.139. The van der Waals surface area contributed by atoms with Crippen molar-refractivity contribution in [3.8, 4) is 0 Å². The average Bonchev–Trinajstić information content (AvgIpc) is 2.87. The number of aromatic nitrogens is 2. The fourth-order valence-corrected chi connectivity index (χ4v) is 5.65. The SMILES string of the molecule is O=C(N[C@@H](Cc1ccc(Cl)c(Br)c1)C(=O)O)c1cc(Cl)c(Cl)cc1NS(=O)(=O)c1cccc2nccnc12. The average molecular weight is 659 g/mol. The summed E-state index contributed by atoms with van der Waals surface area (Å²) >= 11 is 21.5. The lowest BCUT2D eigenvalue weighted by Crippen LogP contribution is -2.42. The third kappa shape index (κ3) is 6.19. The van der Waals surface area contributed by atoms with Gasteiger partial charge in [0.05, 0.1) is 31.8 Å². The van der Waals surface area contributed by atoms with Gasteiger partial charge in [0.15, 0.2) is 0 Å². The molecule has 4 rings (SSSR count). The summed E-state index contributed by atoms with van der Waals surface area (Å²) in [6, 6.07) is 10.2. The highest BCUT2D eigenvalue weighted by Gasteiger charge is 2.26. The molecule has 4 aromatic rings. The summed E-state index contributed by atoms with van der Waals surface area (Å²) in [5.74, 6) is -2.19. The molecule has 0 fully saturated rings. The van der Waals surface area contributed by atoms with Gasteiger partial charge in [-0.25, -0.2) is 13.2 Å². The molecule has 0 aliphatic rings. The van der Waals surface area contributed by atoms with E-state index in [1.807, 2.05) is 0 Å². The molecular weight excluding hydrogens is 643 g/mol. The molecule has 3 N–H and O–H groups in total. The minimum atomic E-state index is -4.30. The molecule has 0 aliphatic carbocycles. The van der Waals surface area contributed by atoms with Gasteiger partial charge < -0.3 is 10.4 Å². The Bertz CT molecular complexity index is 1680. The maximum absolute atomic E-state index is 13.3. The second-order valence-corrected chi connectivity index (χ2v) is 11.6. The first-order valence-electron chi connectivity index (χ1n) is 10.7. The number of para-hydroxylation sites is 1. The molecule has 0 saturated carbocycles. The van der Waals surface area contributed by atoms with Gasteiger partial charge in [-0.1, -0.05) is 46.9 Å². The topological polar surface area (TPSA) is 138 Å². The standard InChI is InChI=1S/C24H16BrCl3N4O5S/c25-14-8-12(4-5-15(14)26)9-20(24(34)35)31-23(33)13-10-16(27)17(28)11-19(13)32-38(36,37)21-3-1-2-18-22(21)30-7-6-29-18/h1-8,10-11,20,32H,9H2,(H,31,33)(H,34,35)/t20-/m0/s1. The summed E-state index contributed by atoms with van der Waals surface area (Å²) in [7, 11) is -4.30. The Hall–Kier alpha value is -2.96. The van der Waals surface area contributed by atoms with E-state index in [1.165, 1.54) is 30.6 Å². The number of anilines is 1. The molecule has 38 heavy (non-hydrogen) atoms. The van der Waals surface area contributed by atoms with Gasteiger partial charge in [-0.15, -0.1) is 0 Å². The van der Waals surface area contributed by atoms with Gasteiger partial charge in [0.1, 0.15) is 16.5 Å². The van der Waals surface area contributed by atoms with E-state index in [-0.39, 0.29) is 38.1 Å². The summed E-state index contributed by atoms with van der Waals surface area (Å²) in [6.45, 7) is 0. The zero-order chi connectivity index (χ0) is 27.6. The second-order valence-electron chi connectivity index (χ2n) is 7.91. The number of sulfonamides is 1. The molecule has 196 valence electrons. The van der Waals surface area contributed by atoms with Crippen LogP contribution in [0.5, 0.6) is 0 Å². The molecule has 1 amide bonds. The van der Waals surface area contributed by atoms with Crippen LogP contribution in [0.2, 0.25) is 15.1 Å². The van der Waals surface area contributed by atoms with Gasteiger partial charge in [-0.2, -0.15) is 0 Å². The number of rotatable bonds is 8. The number of nitrogens with zero attached hydrogens (tertiary/aromatic N) is 2. The van der Waals surface area contributed by atoms with Crippen LogP contribution in [0.3, 0.4) is 0 Å². The highest BCUT2D eigenvalue weighted by atomic mass is 79.9. The van der Waals surface area contributed by atoms with Crippen molar-refractivity contribution in [2.75, 3.05) is 4.72 Å². The number of carboxylic acids is 1. The molecule has 9 nitrogen and oxygen atoms in total. The first kappa shape index (κ1) is 28.1. The molecule has 0 radical (unpaired) electrons. The van der Waals surface area contributed by atoms with Crippen molar-refractivity contribution in [3.63, 3.8) is 0 Å². The first-order chi connectivity index (χ1) is 18.0. The number of carboxylic acid groups (broad SMARTS) is 1. The summed E-state index contributed by atoms with van der Waals surface area (Å²) in [6.07, 6.45) is 2.70. The van der Waals surface area contributed by atoms with Crippen molar-refractivity contribution in [3.05, 3.63) is 91.6 Å². The number of carbonyl (C=O) groups excluding carboxylic acids is 1. The van der Waals surface area contributed by atoms with Crippen molar-refractivity contribution in [1.29, 1.82) is 0 Å². The van der Waals surface area contributed by atoms with Gasteiger partial charge in [-0.05, 0) is 57.9 Å². The van der Waals surface area contributed by atoms with Gasteiger partial charge in [-0.3, -0.25) is 19.5 Å². The zero-order valence-electron chi connectivity index (χ0n) is 19.0. The molecule has 1 heterocycles. The second kappa shape index (κ2) is 11.4. The van der Waals surface area contributed by atoms with Gasteiger partial charge >= 0.3 is 5.97 Å². The van der Waals surface area contributed by atoms with E-state index >= 15 is 0 Å². The molecular formula is C24H16BrCl3N4O5S. The maximum Gasteiger partial charge on any atom is 0.326 e. The molecule has 0 saturated heterocycles. The lowest BCUT2D eigenvalue weighted by Gasteiger charge is -2.18. The van der Waals surface area contributed by atoms with Crippen LogP contribution < -0.4 is 10.0 Å². The minimum Gasteiger partial charge on any atom is -0.480 e. The Kier molecular flexibility index (Phi) is 8.43. The third-order valence-corrected chi connectivity index (χ3v) is 8.66. The quantitative estimate of drug-likeness (QED) is 0.225. The Morgan fingerprint density at radius 2 is 1.68 bits per heavy atom. The number of nitrogens with one attached hydrogen (secondary N) is 2. The van der Waals surface area contributed by atoms with E-state index in [0.717, 1.165) is 6.07 Å². The van der Waals surface area contributed by atoms with Crippen molar-refractivity contribution in [2.24, 2.45) is 0 Å². The zero-order valence-corrected chi connectivity index (χ0v) is 23.6. The Morgan fingerprint density at radius 1 is 0.974 bits per heavy atom. The monoisotopic (exact) mass is 656 g/mol. The molecule has 14 heteroatoms. The van der Waals surface area contributed by atoms with Crippen molar-refractivity contribution >= 4 is 89.4 Å². The molecule has 3 aromatic carbocycles. The van der Waals surface area contributed by atoms with Crippen LogP contribution in [-0.4, -0.2) is 41.4 Å². The van der Waals surface area contributed by atoms with Crippen molar-refractivity contribution in [2.45, 2.75) is 17.4 Å². The van der Waals surface area contributed by atoms with Gasteiger partial charge in [0.2, 0.25) is 0 Å². The Labute approximate surface area is 240 Å². The number of benzene rings is 3. The largest absolute Gasteiger partial charge is 0.480 e. The summed E-state index contributed by atoms with van der Waals surface area (Å²) in [4.78, 5) is 33.2. The van der Waals surface area contributed by atoms with E-state index in [2.05, 4.69) is 35.9 Å². The number of aliphatic carboxylic acids is 1. The predicted molar refractivity (Wildman–Crippen MR) is 149 cm³/mol. The van der Waals surface area contributed by atoms with E-state index in [9.17, 15) is 23.1 Å². The molecule has 0 unspecified atom stereocenters. The van der Waals surface area contributed by atoms with E-state index in [0.29, 0.717) is 20.6 Å². The summed E-state index contributed by atoms with van der Waals surface area (Å²) < 4.78 is 29.5. The molecule has 0 aliphatic heterocycles. The smallest absolute Gasteiger partial charge is 0.326 e. The number of fused-ring (bicyclic) bond motifs is 1. The minimum absolute atomic E-state index is 0.0283. The molecule has 0 bridgehead atoms. The van der Waals surface area contributed by atoms with Crippen LogP contribution in [0, 0.1) is 0 Å². The number of carbonyl (C=O) groups is 2. The highest BCUT2D eigenvalue weighted by molar-refractivity contribution is 9.10. The first-order valence-corrected chi connectivity index (χ1v) is 14.1. The summed E-state index contributed by atoms with van der Waals surface area (Å²) in [5.41, 5.74) is 0.601. The Balaban J connectivity index is 1.67. The van der Waals surface area contributed by atoms with Crippen LogP contribution in [0.15, 0.2) is 70.3 Å². The fraction of sp³-hybridized carbons (Fsp3) is 0.0833. The normalized spacial score (nSPS) is 12.2. The van der Waals surface area contributed by atoms with Crippen molar-refractivity contribution in [1.82, 2.24) is 15.3 Å². The molecule has 1 atom stereocenters. The lowest BCUT2D eigenvalue weighted by atomic mass is 10.1. The Morgan fingerprint density at radius 3 is 2.39 bits per heavy atom. The van der Waals surface area contributed by atoms with Crippen LogP contribution in [0.4, 0.5) is 5.69 Å². The highest BCUT2D eigenvalue weighted by Crippen LogP contribution is 2.32. The third-order valence-electron chi connectivity index (χ3n) is 5.33. The fourth-order valence-electron chi connectivity index (χ4n) is 3.54.